The predicted octanol–water partition coefficient (Wildman–Crippen LogP) is 2.04. The van der Waals surface area contributed by atoms with Crippen molar-refractivity contribution in [3.05, 3.63) is 29.8 Å². The minimum Gasteiger partial charge on any atom is -0.399 e. The molecule has 1 aromatic carbocycles. The zero-order chi connectivity index (χ0) is 14.5. The fraction of sp³-hybridized carbons (Fsp3) is 0.533. The number of benzene rings is 1. The van der Waals surface area contributed by atoms with Gasteiger partial charge in [0.15, 0.2) is 0 Å². The van der Waals surface area contributed by atoms with Crippen LogP contribution in [0, 0.1) is 0 Å². The quantitative estimate of drug-likeness (QED) is 0.688. The lowest BCUT2D eigenvalue weighted by atomic mass is 9.96. The highest BCUT2D eigenvalue weighted by atomic mass is 16.3. The van der Waals surface area contributed by atoms with E-state index in [1.165, 1.54) is 0 Å². The van der Waals surface area contributed by atoms with Gasteiger partial charge in [0, 0.05) is 12.2 Å². The Morgan fingerprint density at radius 3 is 2.58 bits per heavy atom. The van der Waals surface area contributed by atoms with E-state index < -0.39 is 5.60 Å². The van der Waals surface area contributed by atoms with E-state index in [1.54, 1.807) is 12.1 Å². The summed E-state index contributed by atoms with van der Waals surface area (Å²) < 4.78 is 0. The smallest absolute Gasteiger partial charge is 0.227 e. The molecule has 19 heavy (non-hydrogen) atoms. The summed E-state index contributed by atoms with van der Waals surface area (Å²) in [4.78, 5) is 12.1. The largest absolute Gasteiger partial charge is 0.399 e. The molecule has 4 heteroatoms. The summed E-state index contributed by atoms with van der Waals surface area (Å²) >= 11 is 0. The number of nitrogen functional groups attached to an aromatic ring is 1. The summed E-state index contributed by atoms with van der Waals surface area (Å²) in [5, 5.41) is 13.0. The molecule has 1 amide bonds. The molecule has 1 unspecified atom stereocenters. The van der Waals surface area contributed by atoms with Gasteiger partial charge in [-0.05, 0) is 37.5 Å². The minimum atomic E-state index is -0.814. The summed E-state index contributed by atoms with van der Waals surface area (Å²) in [5.41, 5.74) is 6.43. The summed E-state index contributed by atoms with van der Waals surface area (Å²) in [6, 6.07) is 7.31. The fourth-order valence-electron chi connectivity index (χ4n) is 1.88. The Morgan fingerprint density at radius 2 is 2.05 bits per heavy atom. The Hall–Kier alpha value is -1.55. The maximum Gasteiger partial charge on any atom is 0.227 e. The molecule has 1 aromatic rings. The van der Waals surface area contributed by atoms with Crippen molar-refractivity contribution in [3.8, 4) is 0 Å². The second-order valence-electron chi connectivity index (χ2n) is 5.04. The van der Waals surface area contributed by atoms with Crippen LogP contribution >= 0.6 is 0 Å². The van der Waals surface area contributed by atoms with E-state index in [0.29, 0.717) is 18.5 Å². The molecule has 0 aliphatic carbocycles. The zero-order valence-electron chi connectivity index (χ0n) is 11.9. The second-order valence-corrected chi connectivity index (χ2v) is 5.04. The lowest BCUT2D eigenvalue weighted by Gasteiger charge is -2.26. The van der Waals surface area contributed by atoms with Crippen LogP contribution in [-0.4, -0.2) is 23.2 Å². The Morgan fingerprint density at radius 1 is 1.42 bits per heavy atom. The van der Waals surface area contributed by atoms with Crippen LogP contribution in [-0.2, 0) is 4.79 Å². The third-order valence-electron chi connectivity index (χ3n) is 3.71. The van der Waals surface area contributed by atoms with Gasteiger partial charge in [0.1, 0.15) is 0 Å². The first-order valence-electron chi connectivity index (χ1n) is 6.77. The molecule has 4 N–H and O–H groups in total. The molecule has 0 aromatic heterocycles. The van der Waals surface area contributed by atoms with Crippen LogP contribution in [0.25, 0.3) is 0 Å². The third kappa shape index (κ3) is 4.24. The van der Waals surface area contributed by atoms with Gasteiger partial charge in [-0.2, -0.15) is 0 Å². The van der Waals surface area contributed by atoms with E-state index in [-0.39, 0.29) is 18.4 Å². The van der Waals surface area contributed by atoms with Gasteiger partial charge in [-0.3, -0.25) is 4.79 Å². The average Bonchev–Trinajstić information content (AvgIpc) is 2.43. The molecule has 1 rings (SSSR count). The number of carbonyl (C=O) groups is 1. The Labute approximate surface area is 115 Å². The van der Waals surface area contributed by atoms with E-state index in [0.717, 1.165) is 5.56 Å². The summed E-state index contributed by atoms with van der Waals surface area (Å²) in [6.45, 7) is 5.94. The van der Waals surface area contributed by atoms with Crippen molar-refractivity contribution in [1.29, 1.82) is 0 Å². The minimum absolute atomic E-state index is 0.0917. The molecule has 0 radical (unpaired) electrons. The van der Waals surface area contributed by atoms with Crippen LogP contribution in [0.1, 0.15) is 45.1 Å². The van der Waals surface area contributed by atoms with Gasteiger partial charge < -0.3 is 16.2 Å². The maximum absolute atomic E-state index is 12.1. The van der Waals surface area contributed by atoms with E-state index in [1.807, 2.05) is 32.9 Å². The van der Waals surface area contributed by atoms with Crippen molar-refractivity contribution in [2.24, 2.45) is 0 Å². The predicted molar refractivity (Wildman–Crippen MR) is 77.8 cm³/mol. The average molecular weight is 264 g/mol. The van der Waals surface area contributed by atoms with E-state index >= 15 is 0 Å². The van der Waals surface area contributed by atoms with Gasteiger partial charge in [0.25, 0.3) is 0 Å². The highest BCUT2D eigenvalue weighted by Crippen LogP contribution is 2.19. The Kier molecular flexibility index (Phi) is 5.36. The van der Waals surface area contributed by atoms with Gasteiger partial charge in [0.05, 0.1) is 11.5 Å². The fourth-order valence-corrected chi connectivity index (χ4v) is 1.88. The molecular weight excluding hydrogens is 240 g/mol. The van der Waals surface area contributed by atoms with Crippen molar-refractivity contribution >= 4 is 11.6 Å². The van der Waals surface area contributed by atoms with Crippen LogP contribution in [0.5, 0.6) is 0 Å². The number of rotatable bonds is 6. The molecule has 0 saturated heterocycles. The zero-order valence-corrected chi connectivity index (χ0v) is 11.9. The van der Waals surface area contributed by atoms with E-state index in [4.69, 9.17) is 5.73 Å². The van der Waals surface area contributed by atoms with Crippen molar-refractivity contribution in [2.75, 3.05) is 12.3 Å². The van der Waals surface area contributed by atoms with E-state index in [9.17, 15) is 9.90 Å². The van der Waals surface area contributed by atoms with Crippen LogP contribution < -0.4 is 11.1 Å². The number of hydrogen-bond donors (Lipinski definition) is 3. The van der Waals surface area contributed by atoms with Crippen LogP contribution in [0.2, 0.25) is 0 Å². The van der Waals surface area contributed by atoms with Crippen molar-refractivity contribution < 1.29 is 9.90 Å². The van der Waals surface area contributed by atoms with Gasteiger partial charge in [-0.15, -0.1) is 0 Å². The van der Waals surface area contributed by atoms with Gasteiger partial charge >= 0.3 is 0 Å². The molecule has 0 bridgehead atoms. The molecule has 106 valence electrons. The molecule has 0 heterocycles. The van der Waals surface area contributed by atoms with E-state index in [2.05, 4.69) is 5.32 Å². The Balaban J connectivity index is 2.63. The molecule has 1 atom stereocenters. The first kappa shape index (κ1) is 15.5. The molecule has 4 nitrogen and oxygen atoms in total. The molecule has 0 aliphatic rings. The first-order valence-corrected chi connectivity index (χ1v) is 6.77. The summed E-state index contributed by atoms with van der Waals surface area (Å²) in [5.74, 6) is -0.368. The maximum atomic E-state index is 12.1. The number of nitrogens with one attached hydrogen (secondary N) is 1. The number of anilines is 1. The second kappa shape index (κ2) is 6.57. The van der Waals surface area contributed by atoms with Crippen LogP contribution in [0.3, 0.4) is 0 Å². The summed E-state index contributed by atoms with van der Waals surface area (Å²) in [6.07, 6.45) is 1.24. The number of aliphatic hydroxyl groups is 1. The van der Waals surface area contributed by atoms with Gasteiger partial charge in [0.2, 0.25) is 5.91 Å². The van der Waals surface area contributed by atoms with Gasteiger partial charge in [-0.1, -0.05) is 26.0 Å². The van der Waals surface area contributed by atoms with Gasteiger partial charge in [-0.25, -0.2) is 0 Å². The topological polar surface area (TPSA) is 75.3 Å². The monoisotopic (exact) mass is 264 g/mol. The number of carbonyl (C=O) groups excluding carboxylic acids is 1. The molecule has 0 fully saturated rings. The molecular formula is C15H24N2O2. The number of amides is 1. The number of nitrogens with two attached hydrogens (primary N) is 1. The van der Waals surface area contributed by atoms with Crippen molar-refractivity contribution in [3.63, 3.8) is 0 Å². The highest BCUT2D eigenvalue weighted by Gasteiger charge is 2.24. The molecule has 0 saturated carbocycles. The standard InChI is InChI=1S/C15H24N2O2/c1-4-15(19,5-2)10-17-14(18)11(3)12-7-6-8-13(16)9-12/h6-9,11,19H,4-5,10,16H2,1-3H3,(H,17,18). The van der Waals surface area contributed by atoms with Crippen LogP contribution in [0.4, 0.5) is 5.69 Å². The molecule has 0 spiro atoms. The lowest BCUT2D eigenvalue weighted by Crippen LogP contribution is -2.43. The summed E-state index contributed by atoms with van der Waals surface area (Å²) in [7, 11) is 0. The van der Waals surface area contributed by atoms with Crippen molar-refractivity contribution in [1.82, 2.24) is 5.32 Å². The van der Waals surface area contributed by atoms with Crippen LogP contribution in [0.15, 0.2) is 24.3 Å². The highest BCUT2D eigenvalue weighted by molar-refractivity contribution is 5.83. The molecule has 0 aliphatic heterocycles. The number of hydrogen-bond acceptors (Lipinski definition) is 3. The third-order valence-corrected chi connectivity index (χ3v) is 3.71. The normalized spacial score (nSPS) is 13.1. The SMILES string of the molecule is CCC(O)(CC)CNC(=O)C(C)c1cccc(N)c1. The van der Waals surface area contributed by atoms with Crippen molar-refractivity contribution in [2.45, 2.75) is 45.1 Å². The first-order chi connectivity index (χ1) is 8.91. The Bertz CT molecular complexity index is 428. The lowest BCUT2D eigenvalue weighted by molar-refractivity contribution is -0.123.